The molecule has 0 amide bonds. The van der Waals surface area contributed by atoms with Gasteiger partial charge in [0.2, 0.25) is 17.8 Å². The molecule has 37 heavy (non-hydrogen) atoms. The first kappa shape index (κ1) is 24.8. The molecule has 0 saturated carbocycles. The van der Waals surface area contributed by atoms with E-state index in [0.717, 1.165) is 11.3 Å². The molecule has 0 atom stereocenters. The summed E-state index contributed by atoms with van der Waals surface area (Å²) in [6, 6.07) is 14.8. The molecule has 0 spiro atoms. The van der Waals surface area contributed by atoms with Gasteiger partial charge in [-0.25, -0.2) is 13.8 Å². The van der Waals surface area contributed by atoms with Gasteiger partial charge < -0.3 is 19.7 Å². The van der Waals surface area contributed by atoms with Crippen molar-refractivity contribution in [1.82, 2.24) is 24.5 Å². The number of ether oxygens (including phenoxy) is 2. The number of rotatable bonds is 8. The number of imidazole rings is 1. The quantitative estimate of drug-likeness (QED) is 0.373. The maximum atomic E-state index is 14.1. The molecule has 11 heteroatoms. The van der Waals surface area contributed by atoms with Gasteiger partial charge >= 0.3 is 0 Å². The SMILES string of the molecule is COc1cccc(CC(C)(C)Nc2nc(N3CCOCC3)nc(-n3c(C(F)F)nc4ccccc43)n2)c1. The van der Waals surface area contributed by atoms with Crippen molar-refractivity contribution in [3.05, 3.63) is 59.9 Å². The second-order valence-corrected chi connectivity index (χ2v) is 9.49. The average molecular weight is 510 g/mol. The summed E-state index contributed by atoms with van der Waals surface area (Å²) >= 11 is 0. The fraction of sp³-hybridized carbons (Fsp3) is 0.385. The lowest BCUT2D eigenvalue weighted by molar-refractivity contribution is 0.122. The van der Waals surface area contributed by atoms with Gasteiger partial charge in [0.15, 0.2) is 5.82 Å². The van der Waals surface area contributed by atoms with Crippen LogP contribution >= 0.6 is 0 Å². The van der Waals surface area contributed by atoms with Crippen molar-refractivity contribution in [1.29, 1.82) is 0 Å². The minimum atomic E-state index is -2.81. The van der Waals surface area contributed by atoms with Crippen molar-refractivity contribution in [3.8, 4) is 11.7 Å². The van der Waals surface area contributed by atoms with Crippen LogP contribution in [0.3, 0.4) is 0 Å². The number of nitrogens with zero attached hydrogens (tertiary/aromatic N) is 6. The van der Waals surface area contributed by atoms with Crippen molar-refractivity contribution < 1.29 is 18.3 Å². The number of aromatic nitrogens is 5. The van der Waals surface area contributed by atoms with E-state index in [1.54, 1.807) is 31.4 Å². The second kappa shape index (κ2) is 10.3. The summed E-state index contributed by atoms with van der Waals surface area (Å²) < 4.78 is 40.3. The highest BCUT2D eigenvalue weighted by atomic mass is 19.3. The lowest BCUT2D eigenvalue weighted by Gasteiger charge is -2.29. The molecule has 1 aliphatic rings. The largest absolute Gasteiger partial charge is 0.497 e. The van der Waals surface area contributed by atoms with Crippen LogP contribution in [0.2, 0.25) is 0 Å². The van der Waals surface area contributed by atoms with Crippen molar-refractivity contribution in [2.75, 3.05) is 43.6 Å². The van der Waals surface area contributed by atoms with E-state index in [-0.39, 0.29) is 11.9 Å². The molecule has 1 aliphatic heterocycles. The standard InChI is InChI=1S/C26H29F2N7O2/c1-26(2,16-17-7-6-8-18(15-17)36-3)33-23-30-24(34-11-13-37-14-12-34)32-25(31-23)35-20-10-5-4-9-19(20)29-22(35)21(27)28/h4-10,15,21H,11-14,16H2,1-3H3,(H,30,31,32,33). The van der Waals surface area contributed by atoms with E-state index in [1.165, 1.54) is 4.57 Å². The highest BCUT2D eigenvalue weighted by Crippen LogP contribution is 2.28. The molecule has 0 radical (unpaired) electrons. The summed E-state index contributed by atoms with van der Waals surface area (Å²) in [6.45, 7) is 6.29. The highest BCUT2D eigenvalue weighted by molar-refractivity contribution is 5.77. The van der Waals surface area contributed by atoms with Crippen LogP contribution in [0.1, 0.15) is 31.7 Å². The number of nitrogens with one attached hydrogen (secondary N) is 1. The number of morpholine rings is 1. The molecular weight excluding hydrogens is 480 g/mol. The summed E-state index contributed by atoms with van der Waals surface area (Å²) in [5, 5.41) is 3.40. The van der Waals surface area contributed by atoms with Crippen molar-refractivity contribution in [2.24, 2.45) is 0 Å². The maximum Gasteiger partial charge on any atom is 0.296 e. The molecule has 0 aliphatic carbocycles. The van der Waals surface area contributed by atoms with Crippen LogP contribution < -0.4 is 15.0 Å². The summed E-state index contributed by atoms with van der Waals surface area (Å²) in [4.78, 5) is 20.0. The van der Waals surface area contributed by atoms with Gasteiger partial charge in [-0.15, -0.1) is 0 Å². The lowest BCUT2D eigenvalue weighted by Crippen LogP contribution is -2.38. The Hall–Kier alpha value is -3.86. The predicted octanol–water partition coefficient (Wildman–Crippen LogP) is 4.43. The minimum Gasteiger partial charge on any atom is -0.497 e. The van der Waals surface area contributed by atoms with Crippen LogP contribution in [-0.2, 0) is 11.2 Å². The molecule has 2 aromatic heterocycles. The Morgan fingerprint density at radius 3 is 2.51 bits per heavy atom. The van der Waals surface area contributed by atoms with Crippen LogP contribution in [0.4, 0.5) is 20.7 Å². The second-order valence-electron chi connectivity index (χ2n) is 9.49. The Balaban J connectivity index is 1.56. The molecule has 3 heterocycles. The number of anilines is 2. The number of benzene rings is 2. The molecule has 2 aromatic carbocycles. The first-order valence-electron chi connectivity index (χ1n) is 12.1. The number of hydrogen-bond donors (Lipinski definition) is 1. The molecule has 1 N–H and O–H groups in total. The van der Waals surface area contributed by atoms with Gasteiger partial charge in [0, 0.05) is 18.6 Å². The van der Waals surface area contributed by atoms with Gasteiger partial charge in [-0.1, -0.05) is 24.3 Å². The van der Waals surface area contributed by atoms with Crippen LogP contribution in [0, 0.1) is 0 Å². The fourth-order valence-corrected chi connectivity index (χ4v) is 4.46. The predicted molar refractivity (Wildman–Crippen MR) is 137 cm³/mol. The van der Waals surface area contributed by atoms with Crippen LogP contribution in [0.15, 0.2) is 48.5 Å². The number of methoxy groups -OCH3 is 1. The number of alkyl halides is 2. The van der Waals surface area contributed by atoms with Gasteiger partial charge in [0.05, 0.1) is 31.4 Å². The minimum absolute atomic E-state index is 0.0835. The van der Waals surface area contributed by atoms with Gasteiger partial charge in [-0.05, 0) is 50.1 Å². The van der Waals surface area contributed by atoms with E-state index in [2.05, 4.69) is 25.3 Å². The van der Waals surface area contributed by atoms with Crippen LogP contribution in [0.25, 0.3) is 17.0 Å². The maximum absolute atomic E-state index is 14.1. The van der Waals surface area contributed by atoms with Crippen molar-refractivity contribution in [2.45, 2.75) is 32.2 Å². The zero-order valence-electron chi connectivity index (χ0n) is 21.0. The van der Waals surface area contributed by atoms with E-state index in [9.17, 15) is 8.78 Å². The zero-order chi connectivity index (χ0) is 26.0. The molecule has 1 fully saturated rings. The van der Waals surface area contributed by atoms with Crippen molar-refractivity contribution >= 4 is 22.9 Å². The van der Waals surface area contributed by atoms with E-state index < -0.39 is 17.8 Å². The molecular formula is C26H29F2N7O2. The molecule has 0 bridgehead atoms. The highest BCUT2D eigenvalue weighted by Gasteiger charge is 2.26. The monoisotopic (exact) mass is 509 g/mol. The Kier molecular flexibility index (Phi) is 6.88. The van der Waals surface area contributed by atoms with E-state index in [1.807, 2.05) is 43.0 Å². The third kappa shape index (κ3) is 5.46. The smallest absolute Gasteiger partial charge is 0.296 e. The third-order valence-electron chi connectivity index (χ3n) is 6.12. The van der Waals surface area contributed by atoms with E-state index in [4.69, 9.17) is 9.47 Å². The molecule has 1 saturated heterocycles. The Morgan fingerprint density at radius 2 is 1.76 bits per heavy atom. The van der Waals surface area contributed by atoms with Gasteiger partial charge in [-0.3, -0.25) is 4.57 Å². The van der Waals surface area contributed by atoms with Crippen LogP contribution in [-0.4, -0.2) is 63.5 Å². The molecule has 9 nitrogen and oxygen atoms in total. The van der Waals surface area contributed by atoms with Gasteiger partial charge in [0.1, 0.15) is 5.75 Å². The Labute approximate surface area is 213 Å². The summed E-state index contributed by atoms with van der Waals surface area (Å²) in [6.07, 6.45) is -2.16. The fourth-order valence-electron chi connectivity index (χ4n) is 4.46. The number of hydrogen-bond acceptors (Lipinski definition) is 8. The molecule has 194 valence electrons. The molecule has 4 aromatic rings. The van der Waals surface area contributed by atoms with Gasteiger partial charge in [0.25, 0.3) is 6.43 Å². The zero-order valence-corrected chi connectivity index (χ0v) is 21.0. The van der Waals surface area contributed by atoms with E-state index in [0.29, 0.717) is 49.7 Å². The van der Waals surface area contributed by atoms with Crippen LogP contribution in [0.5, 0.6) is 5.75 Å². The Bertz CT molecular complexity index is 1390. The normalized spacial score (nSPS) is 14.4. The summed E-state index contributed by atoms with van der Waals surface area (Å²) in [7, 11) is 1.63. The number of para-hydroxylation sites is 2. The molecule has 5 rings (SSSR count). The lowest BCUT2D eigenvalue weighted by atomic mass is 9.95. The van der Waals surface area contributed by atoms with E-state index >= 15 is 0 Å². The number of fused-ring (bicyclic) bond motifs is 1. The molecule has 0 unspecified atom stereocenters. The average Bonchev–Trinajstić information content (AvgIpc) is 3.29. The third-order valence-corrected chi connectivity index (χ3v) is 6.12. The topological polar surface area (TPSA) is 90.2 Å². The summed E-state index contributed by atoms with van der Waals surface area (Å²) in [5.74, 6) is 1.13. The van der Waals surface area contributed by atoms with Crippen molar-refractivity contribution in [3.63, 3.8) is 0 Å². The Morgan fingerprint density at radius 1 is 1.00 bits per heavy atom. The first-order valence-corrected chi connectivity index (χ1v) is 12.1. The number of halogens is 2. The van der Waals surface area contributed by atoms with Gasteiger partial charge in [-0.2, -0.15) is 15.0 Å². The summed E-state index contributed by atoms with van der Waals surface area (Å²) in [5.41, 5.74) is 1.54. The first-order chi connectivity index (χ1) is 17.8.